The number of furan rings is 1. The summed E-state index contributed by atoms with van der Waals surface area (Å²) >= 11 is 0. The van der Waals surface area contributed by atoms with Gasteiger partial charge in [0.1, 0.15) is 0 Å². The van der Waals surface area contributed by atoms with Crippen LogP contribution in [0.1, 0.15) is 16.7 Å². The summed E-state index contributed by atoms with van der Waals surface area (Å²) in [6, 6.07) is 17.4. The van der Waals surface area contributed by atoms with Crippen LogP contribution in [0.25, 0.3) is 11.8 Å². The Hall–Kier alpha value is -3.93. The van der Waals surface area contributed by atoms with Crippen molar-refractivity contribution in [2.24, 2.45) is 0 Å². The fraction of sp³-hybridized carbons (Fsp3) is 0.0455. The highest BCUT2D eigenvalue weighted by molar-refractivity contribution is 6.22. The molecule has 0 atom stereocenters. The summed E-state index contributed by atoms with van der Waals surface area (Å²) in [7, 11) is 0. The Morgan fingerprint density at radius 1 is 1.04 bits per heavy atom. The molecule has 4 rings (SSSR count). The highest BCUT2D eigenvalue weighted by Crippen LogP contribution is 2.35. The van der Waals surface area contributed by atoms with Gasteiger partial charge >= 0.3 is 0 Å². The molecule has 0 saturated carbocycles. The number of nitro benzene ring substituents is 1. The third kappa shape index (κ3) is 3.23. The number of hydrogen-bond donors (Lipinski definition) is 0. The Bertz CT molecular complexity index is 1090. The van der Waals surface area contributed by atoms with Crippen LogP contribution in [0.15, 0.2) is 83.0 Å². The smallest absolute Gasteiger partial charge is 0.269 e. The zero-order chi connectivity index (χ0) is 19.7. The van der Waals surface area contributed by atoms with E-state index in [0.717, 1.165) is 11.1 Å². The van der Waals surface area contributed by atoms with Crippen molar-refractivity contribution in [1.82, 2.24) is 0 Å². The molecule has 3 aromatic rings. The zero-order valence-electron chi connectivity index (χ0n) is 15.0. The second-order valence-electron chi connectivity index (χ2n) is 6.44. The summed E-state index contributed by atoms with van der Waals surface area (Å²) in [6.45, 7) is 2.00. The highest BCUT2D eigenvalue weighted by atomic mass is 16.6. The molecule has 0 spiro atoms. The number of benzene rings is 2. The first-order valence-corrected chi connectivity index (χ1v) is 8.66. The first kappa shape index (κ1) is 17.5. The van der Waals surface area contributed by atoms with E-state index in [-0.39, 0.29) is 11.6 Å². The molecule has 1 aliphatic heterocycles. The number of amides is 1. The molecule has 2 aromatic carbocycles. The minimum Gasteiger partial charge on any atom is -0.448 e. The normalized spacial score (nSPS) is 15.2. The Balaban J connectivity index is 1.76. The van der Waals surface area contributed by atoms with Gasteiger partial charge in [-0.05, 0) is 48.4 Å². The van der Waals surface area contributed by atoms with E-state index in [4.69, 9.17) is 4.42 Å². The minimum absolute atomic E-state index is 0.00740. The zero-order valence-corrected chi connectivity index (χ0v) is 15.0. The lowest BCUT2D eigenvalue weighted by atomic mass is 10.1. The first-order chi connectivity index (χ1) is 13.5. The van der Waals surface area contributed by atoms with E-state index in [1.165, 1.54) is 23.3 Å². The second-order valence-corrected chi connectivity index (χ2v) is 6.44. The van der Waals surface area contributed by atoms with E-state index < -0.39 is 4.92 Å². The number of hydrogen-bond acceptors (Lipinski definition) is 4. The Morgan fingerprint density at radius 3 is 2.36 bits per heavy atom. The lowest BCUT2D eigenvalue weighted by Gasteiger charge is -2.17. The van der Waals surface area contributed by atoms with E-state index in [2.05, 4.69) is 0 Å². The molecule has 0 N–H and O–H groups in total. The molecule has 2 heterocycles. The quantitative estimate of drug-likeness (QED) is 0.368. The van der Waals surface area contributed by atoms with Crippen LogP contribution in [-0.4, -0.2) is 10.8 Å². The van der Waals surface area contributed by atoms with Gasteiger partial charge in [-0.25, -0.2) is 4.90 Å². The minimum atomic E-state index is -0.453. The van der Waals surface area contributed by atoms with Crippen molar-refractivity contribution in [1.29, 1.82) is 0 Å². The molecule has 0 saturated heterocycles. The van der Waals surface area contributed by atoms with Crippen molar-refractivity contribution in [3.8, 4) is 0 Å². The molecule has 28 heavy (non-hydrogen) atoms. The number of nitrogens with zero attached hydrogens (tertiary/aromatic N) is 2. The monoisotopic (exact) mass is 372 g/mol. The highest BCUT2D eigenvalue weighted by Gasteiger charge is 2.32. The summed E-state index contributed by atoms with van der Waals surface area (Å²) in [6.07, 6.45) is 5.04. The largest absolute Gasteiger partial charge is 0.448 e. The van der Waals surface area contributed by atoms with E-state index in [9.17, 15) is 14.9 Å². The van der Waals surface area contributed by atoms with E-state index in [1.54, 1.807) is 36.4 Å². The van der Waals surface area contributed by atoms with Gasteiger partial charge in [-0.15, -0.1) is 0 Å². The molecule has 1 aromatic heterocycles. The maximum atomic E-state index is 13.1. The van der Waals surface area contributed by atoms with Gasteiger partial charge in [0, 0.05) is 23.8 Å². The van der Waals surface area contributed by atoms with Crippen LogP contribution in [0, 0.1) is 17.0 Å². The number of nitro groups is 1. The average Bonchev–Trinajstić information content (AvgIpc) is 3.31. The number of carbonyl (C=O) groups excluding carboxylic acids is 1. The van der Waals surface area contributed by atoms with Crippen LogP contribution in [0.2, 0.25) is 0 Å². The van der Waals surface area contributed by atoms with Crippen molar-refractivity contribution in [2.75, 3.05) is 4.90 Å². The van der Waals surface area contributed by atoms with Gasteiger partial charge in [0.05, 0.1) is 16.9 Å². The van der Waals surface area contributed by atoms with Crippen molar-refractivity contribution in [2.45, 2.75) is 6.92 Å². The number of non-ortho nitro benzene ring substituents is 1. The second kappa shape index (κ2) is 7.00. The molecule has 138 valence electrons. The van der Waals surface area contributed by atoms with Crippen LogP contribution in [-0.2, 0) is 4.79 Å². The summed E-state index contributed by atoms with van der Waals surface area (Å²) in [5, 5.41) is 10.8. The third-order valence-corrected chi connectivity index (χ3v) is 4.48. The molecule has 0 bridgehead atoms. The Labute approximate surface area is 161 Å². The maximum Gasteiger partial charge on any atom is 0.269 e. The molecule has 1 amide bonds. The molecule has 0 radical (unpaired) electrons. The van der Waals surface area contributed by atoms with Crippen LogP contribution in [0.5, 0.6) is 0 Å². The number of rotatable bonds is 4. The first-order valence-electron chi connectivity index (χ1n) is 8.66. The summed E-state index contributed by atoms with van der Waals surface area (Å²) in [5.41, 5.74) is 3.92. The van der Waals surface area contributed by atoms with Gasteiger partial charge in [-0.3, -0.25) is 14.9 Å². The maximum absolute atomic E-state index is 13.1. The molecule has 0 aliphatic carbocycles. The van der Waals surface area contributed by atoms with Gasteiger partial charge in [-0.1, -0.05) is 29.8 Å². The number of anilines is 1. The SMILES string of the molecule is Cc1ccc(C2=C/C(=C\c3ccc([N+](=O)[O-])cc3)C(=O)N2c2ccco2)cc1. The molecular formula is C22H16N2O4. The van der Waals surface area contributed by atoms with Crippen LogP contribution < -0.4 is 4.90 Å². The van der Waals surface area contributed by atoms with Gasteiger partial charge in [0.25, 0.3) is 11.6 Å². The van der Waals surface area contributed by atoms with Gasteiger partial charge in [0.2, 0.25) is 5.88 Å². The molecule has 0 fully saturated rings. The van der Waals surface area contributed by atoms with E-state index >= 15 is 0 Å². The average molecular weight is 372 g/mol. The number of aryl methyl sites for hydroxylation is 1. The van der Waals surface area contributed by atoms with Crippen molar-refractivity contribution in [3.63, 3.8) is 0 Å². The standard InChI is InChI=1S/C22H16N2O4/c1-15-4-8-17(9-5-15)20-14-18(22(25)23(20)21-3-2-12-28-21)13-16-6-10-19(11-7-16)24(26)27/h2-14H,1H3/b18-13+. The predicted molar refractivity (Wildman–Crippen MR) is 106 cm³/mol. The van der Waals surface area contributed by atoms with Crippen molar-refractivity contribution >= 4 is 29.3 Å². The fourth-order valence-corrected chi connectivity index (χ4v) is 3.04. The summed E-state index contributed by atoms with van der Waals surface area (Å²) in [5.74, 6) is 0.216. The topological polar surface area (TPSA) is 76.6 Å². The number of carbonyl (C=O) groups is 1. The van der Waals surface area contributed by atoms with Crippen molar-refractivity contribution < 1.29 is 14.1 Å². The van der Waals surface area contributed by atoms with Gasteiger partial charge in [0.15, 0.2) is 0 Å². The van der Waals surface area contributed by atoms with Crippen LogP contribution in [0.3, 0.4) is 0 Å². The summed E-state index contributed by atoms with van der Waals surface area (Å²) in [4.78, 5) is 25.0. The molecule has 0 unspecified atom stereocenters. The lowest BCUT2D eigenvalue weighted by molar-refractivity contribution is -0.384. The molecule has 1 aliphatic rings. The summed E-state index contributed by atoms with van der Waals surface area (Å²) < 4.78 is 5.47. The lowest BCUT2D eigenvalue weighted by Crippen LogP contribution is -2.24. The Kier molecular flexibility index (Phi) is 4.37. The predicted octanol–water partition coefficient (Wildman–Crippen LogP) is 4.97. The van der Waals surface area contributed by atoms with Crippen LogP contribution >= 0.6 is 0 Å². The third-order valence-electron chi connectivity index (χ3n) is 4.48. The molecule has 6 heteroatoms. The van der Waals surface area contributed by atoms with Gasteiger partial charge < -0.3 is 4.42 Å². The molecule has 6 nitrogen and oxygen atoms in total. The van der Waals surface area contributed by atoms with Crippen molar-refractivity contribution in [3.05, 3.63) is 105 Å². The molecular weight excluding hydrogens is 356 g/mol. The van der Waals surface area contributed by atoms with E-state index in [1.807, 2.05) is 31.2 Å². The van der Waals surface area contributed by atoms with Crippen LogP contribution in [0.4, 0.5) is 11.6 Å². The fourth-order valence-electron chi connectivity index (χ4n) is 3.04. The van der Waals surface area contributed by atoms with Gasteiger partial charge in [-0.2, -0.15) is 0 Å². The van der Waals surface area contributed by atoms with E-state index in [0.29, 0.717) is 22.7 Å². The Morgan fingerprint density at radius 2 is 1.75 bits per heavy atom.